The fourth-order valence-corrected chi connectivity index (χ4v) is 5.25. The highest BCUT2D eigenvalue weighted by atomic mass is 16.5. The highest BCUT2D eigenvalue weighted by molar-refractivity contribution is 5.93. The Balaban J connectivity index is 1.27. The van der Waals surface area contributed by atoms with E-state index in [1.807, 2.05) is 30.6 Å². The maximum atomic E-state index is 11.6. The monoisotopic (exact) mass is 499 g/mol. The Morgan fingerprint density at radius 1 is 1.03 bits per heavy atom. The summed E-state index contributed by atoms with van der Waals surface area (Å²) in [5.74, 6) is 0.380. The molecule has 1 unspecified atom stereocenters. The molecule has 37 heavy (non-hydrogen) atoms. The minimum atomic E-state index is -0.517. The number of ether oxygens (including phenoxy) is 1. The smallest absolute Gasteiger partial charge is 0.274 e. The lowest BCUT2D eigenvalue weighted by molar-refractivity contribution is 0.0706. The van der Waals surface area contributed by atoms with Crippen molar-refractivity contribution in [3.63, 3.8) is 0 Å². The van der Waals surface area contributed by atoms with Gasteiger partial charge in [0, 0.05) is 55.4 Å². The molecule has 2 aromatic carbocycles. The van der Waals surface area contributed by atoms with Crippen molar-refractivity contribution in [3.05, 3.63) is 89.7 Å². The number of amides is 1. The molecule has 5 rings (SSSR count). The number of fused-ring (bicyclic) bond motifs is 1. The van der Waals surface area contributed by atoms with Crippen molar-refractivity contribution in [2.24, 2.45) is 0 Å². The van der Waals surface area contributed by atoms with Crippen LogP contribution < -0.4 is 15.1 Å². The fraction of sp³-hybridized carbons (Fsp3) is 0.310. The molecule has 1 fully saturated rings. The summed E-state index contributed by atoms with van der Waals surface area (Å²) in [7, 11) is 1.71. The molecular weight excluding hydrogens is 466 g/mol. The second kappa shape index (κ2) is 10.6. The number of rotatable bonds is 7. The van der Waals surface area contributed by atoms with Crippen molar-refractivity contribution in [2.45, 2.75) is 39.0 Å². The number of hydrogen-bond donors (Lipinski definition) is 2. The van der Waals surface area contributed by atoms with E-state index in [2.05, 4.69) is 58.5 Å². The van der Waals surface area contributed by atoms with Gasteiger partial charge in [-0.25, -0.2) is 10.5 Å². The predicted molar refractivity (Wildman–Crippen MR) is 144 cm³/mol. The number of benzene rings is 2. The van der Waals surface area contributed by atoms with E-state index in [-0.39, 0.29) is 0 Å². The van der Waals surface area contributed by atoms with Gasteiger partial charge in [0.1, 0.15) is 11.4 Å². The summed E-state index contributed by atoms with van der Waals surface area (Å²) in [4.78, 5) is 21.4. The zero-order valence-electron chi connectivity index (χ0n) is 21.5. The molecule has 0 radical (unpaired) electrons. The van der Waals surface area contributed by atoms with Crippen LogP contribution in [0.15, 0.2) is 73.1 Å². The number of aromatic nitrogens is 2. The number of hydroxylamine groups is 1. The van der Waals surface area contributed by atoms with E-state index in [1.165, 1.54) is 5.56 Å². The molecular formula is C29H33N5O3. The van der Waals surface area contributed by atoms with Gasteiger partial charge in [0.05, 0.1) is 19.0 Å². The van der Waals surface area contributed by atoms with Crippen molar-refractivity contribution in [1.82, 2.24) is 19.9 Å². The third-order valence-electron chi connectivity index (χ3n) is 7.22. The zero-order valence-corrected chi connectivity index (χ0v) is 21.5. The lowest BCUT2D eigenvalue weighted by atomic mass is 10.1. The molecule has 0 saturated carbocycles. The van der Waals surface area contributed by atoms with Gasteiger partial charge in [0.15, 0.2) is 0 Å². The van der Waals surface area contributed by atoms with Crippen LogP contribution in [0.2, 0.25) is 0 Å². The van der Waals surface area contributed by atoms with E-state index in [4.69, 9.17) is 14.9 Å². The largest absolute Gasteiger partial charge is 0.497 e. The van der Waals surface area contributed by atoms with Gasteiger partial charge in [-0.05, 0) is 61.4 Å². The summed E-state index contributed by atoms with van der Waals surface area (Å²) < 4.78 is 7.51. The molecule has 4 aromatic rings. The number of nitrogens with one attached hydrogen (secondary N) is 1. The molecule has 0 spiro atoms. The van der Waals surface area contributed by atoms with Gasteiger partial charge in [-0.3, -0.25) is 14.9 Å². The number of carbonyl (C=O) groups is 1. The average molecular weight is 500 g/mol. The first-order valence-corrected chi connectivity index (χ1v) is 12.6. The van der Waals surface area contributed by atoms with Crippen LogP contribution >= 0.6 is 0 Å². The Kier molecular flexibility index (Phi) is 7.12. The van der Waals surface area contributed by atoms with Crippen molar-refractivity contribution in [2.75, 3.05) is 25.1 Å². The van der Waals surface area contributed by atoms with Gasteiger partial charge in [-0.15, -0.1) is 0 Å². The molecule has 2 atom stereocenters. The van der Waals surface area contributed by atoms with Gasteiger partial charge in [0.2, 0.25) is 0 Å². The van der Waals surface area contributed by atoms with Gasteiger partial charge >= 0.3 is 0 Å². The van der Waals surface area contributed by atoms with Crippen LogP contribution in [-0.2, 0) is 13.1 Å². The predicted octanol–water partition coefficient (Wildman–Crippen LogP) is 4.31. The summed E-state index contributed by atoms with van der Waals surface area (Å²) in [5.41, 5.74) is 6.46. The van der Waals surface area contributed by atoms with E-state index in [0.717, 1.165) is 47.7 Å². The molecule has 1 aliphatic rings. The summed E-state index contributed by atoms with van der Waals surface area (Å²) in [5, 5.41) is 9.90. The van der Waals surface area contributed by atoms with Gasteiger partial charge in [-0.1, -0.05) is 24.3 Å². The van der Waals surface area contributed by atoms with Crippen molar-refractivity contribution in [3.8, 4) is 5.75 Å². The Morgan fingerprint density at radius 2 is 1.78 bits per heavy atom. The molecule has 2 N–H and O–H groups in total. The maximum Gasteiger partial charge on any atom is 0.274 e. The lowest BCUT2D eigenvalue weighted by Gasteiger charge is -2.45. The molecule has 192 valence electrons. The molecule has 1 saturated heterocycles. The minimum Gasteiger partial charge on any atom is -0.497 e. The Bertz CT molecular complexity index is 1370. The standard InChI is InChI=1S/C29H33N5O3/c1-20-16-33(17-21(2)34(20)19-23-5-4-6-27(13-23)37-3)26-14-25-11-12-32(28(25)30-15-26)18-22-7-9-24(10-8-22)29(35)31-36/h4-15,20-21,36H,16-19H2,1-3H3,(H,31,35)/t20-,21?/m0/s1. The van der Waals surface area contributed by atoms with E-state index in [1.54, 1.807) is 24.7 Å². The second-order valence-electron chi connectivity index (χ2n) is 9.81. The Morgan fingerprint density at radius 3 is 2.49 bits per heavy atom. The molecule has 0 bridgehead atoms. The van der Waals surface area contributed by atoms with Crippen molar-refractivity contribution < 1.29 is 14.7 Å². The maximum absolute atomic E-state index is 11.6. The van der Waals surface area contributed by atoms with Crippen molar-refractivity contribution in [1.29, 1.82) is 0 Å². The number of nitrogens with zero attached hydrogens (tertiary/aromatic N) is 4. The average Bonchev–Trinajstić information content (AvgIpc) is 3.32. The van der Waals surface area contributed by atoms with Crippen LogP contribution in [0, 0.1) is 0 Å². The molecule has 8 nitrogen and oxygen atoms in total. The Labute approximate surface area is 217 Å². The van der Waals surface area contributed by atoms with Crippen LogP contribution in [0.3, 0.4) is 0 Å². The van der Waals surface area contributed by atoms with E-state index < -0.39 is 5.91 Å². The summed E-state index contributed by atoms with van der Waals surface area (Å²) in [6, 6.07) is 20.6. The highest BCUT2D eigenvalue weighted by Gasteiger charge is 2.30. The zero-order chi connectivity index (χ0) is 25.9. The number of carbonyl (C=O) groups excluding carboxylic acids is 1. The second-order valence-corrected chi connectivity index (χ2v) is 9.81. The molecule has 2 aromatic heterocycles. The fourth-order valence-electron chi connectivity index (χ4n) is 5.25. The van der Waals surface area contributed by atoms with Crippen LogP contribution in [-0.4, -0.2) is 57.8 Å². The van der Waals surface area contributed by atoms with Gasteiger partial charge in [0.25, 0.3) is 5.91 Å². The molecule has 8 heteroatoms. The molecule has 3 heterocycles. The van der Waals surface area contributed by atoms with Crippen LogP contribution in [0.1, 0.15) is 35.3 Å². The first kappa shape index (κ1) is 24.8. The third-order valence-corrected chi connectivity index (χ3v) is 7.22. The quantitative estimate of drug-likeness (QED) is 0.291. The molecule has 1 aliphatic heterocycles. The summed E-state index contributed by atoms with van der Waals surface area (Å²) in [6.45, 7) is 8.01. The number of hydrogen-bond acceptors (Lipinski definition) is 6. The van der Waals surface area contributed by atoms with E-state index in [0.29, 0.717) is 24.2 Å². The molecule has 1 amide bonds. The van der Waals surface area contributed by atoms with Gasteiger partial charge in [-0.2, -0.15) is 0 Å². The lowest BCUT2D eigenvalue weighted by Crippen LogP contribution is -2.56. The van der Waals surface area contributed by atoms with E-state index >= 15 is 0 Å². The molecule has 0 aliphatic carbocycles. The highest BCUT2D eigenvalue weighted by Crippen LogP contribution is 2.27. The topological polar surface area (TPSA) is 82.9 Å². The third kappa shape index (κ3) is 5.30. The SMILES string of the molecule is COc1cccc(CN2C(C)CN(c3cnc4c(ccn4Cc4ccc(C(=O)NO)cc4)c3)C[C@@H]2C)c1. The normalized spacial score (nSPS) is 18.2. The minimum absolute atomic E-state index is 0.395. The van der Waals surface area contributed by atoms with Crippen LogP contribution in [0.5, 0.6) is 5.75 Å². The van der Waals surface area contributed by atoms with Crippen molar-refractivity contribution >= 4 is 22.6 Å². The first-order chi connectivity index (χ1) is 17.9. The number of pyridine rings is 1. The number of anilines is 1. The van der Waals surface area contributed by atoms with Gasteiger partial charge < -0.3 is 14.2 Å². The number of piperazine rings is 1. The van der Waals surface area contributed by atoms with Crippen LogP contribution in [0.25, 0.3) is 11.0 Å². The summed E-state index contributed by atoms with van der Waals surface area (Å²) in [6.07, 6.45) is 4.03. The van der Waals surface area contributed by atoms with E-state index in [9.17, 15) is 4.79 Å². The van der Waals surface area contributed by atoms with Crippen LogP contribution in [0.4, 0.5) is 5.69 Å². The first-order valence-electron chi connectivity index (χ1n) is 12.6. The Hall–Kier alpha value is -3.88. The summed E-state index contributed by atoms with van der Waals surface area (Å²) >= 11 is 0. The number of methoxy groups -OCH3 is 1.